The van der Waals surface area contributed by atoms with E-state index >= 15 is 0 Å². The van der Waals surface area contributed by atoms with Crippen LogP contribution in [0.2, 0.25) is 0 Å². The third kappa shape index (κ3) is 3.65. The predicted molar refractivity (Wildman–Crippen MR) is 87.3 cm³/mol. The van der Waals surface area contributed by atoms with Gasteiger partial charge < -0.3 is 5.73 Å². The molecule has 0 bridgehead atoms. The number of nitrogens with two attached hydrogens (primary N) is 1. The van der Waals surface area contributed by atoms with Gasteiger partial charge in [0.25, 0.3) is 0 Å². The van der Waals surface area contributed by atoms with E-state index in [4.69, 9.17) is 5.73 Å². The van der Waals surface area contributed by atoms with Gasteiger partial charge in [-0.05, 0) is 57.1 Å². The van der Waals surface area contributed by atoms with Gasteiger partial charge in [0.05, 0.1) is 9.83 Å². The maximum Gasteiger partial charge on any atom is 0.0702 e. The average molecular weight is 410 g/mol. The van der Waals surface area contributed by atoms with Crippen molar-refractivity contribution in [2.24, 2.45) is 5.73 Å². The Labute approximate surface area is 132 Å². The first kappa shape index (κ1) is 14.7. The molecule has 0 spiro atoms. The molecule has 18 heavy (non-hydrogen) atoms. The van der Waals surface area contributed by atoms with E-state index in [1.165, 1.54) is 9.75 Å². The number of likely N-dealkylation sites (N-methyl/N-ethyl adjacent to an activating group) is 1. The normalized spacial score (nSPS) is 13.2. The van der Waals surface area contributed by atoms with Crippen molar-refractivity contribution in [3.63, 3.8) is 0 Å². The summed E-state index contributed by atoms with van der Waals surface area (Å²) >= 11 is 10.5. The van der Waals surface area contributed by atoms with Crippen LogP contribution in [0.3, 0.4) is 0 Å². The zero-order chi connectivity index (χ0) is 13.1. The van der Waals surface area contributed by atoms with Crippen molar-refractivity contribution in [3.05, 3.63) is 41.6 Å². The second-order valence-electron chi connectivity index (χ2n) is 4.04. The number of thiophene rings is 2. The minimum Gasteiger partial charge on any atom is -0.329 e. The fraction of sp³-hybridized carbons (Fsp3) is 0.333. The summed E-state index contributed by atoms with van der Waals surface area (Å²) in [6.07, 6.45) is 0. The van der Waals surface area contributed by atoms with Crippen LogP contribution in [-0.4, -0.2) is 18.5 Å². The summed E-state index contributed by atoms with van der Waals surface area (Å²) in [7, 11) is 2.12. The molecule has 0 aliphatic carbocycles. The van der Waals surface area contributed by atoms with Crippen LogP contribution in [-0.2, 0) is 6.54 Å². The Kier molecular flexibility index (Phi) is 5.41. The lowest BCUT2D eigenvalue weighted by Crippen LogP contribution is -2.29. The number of hydrogen-bond donors (Lipinski definition) is 1. The summed E-state index contributed by atoms with van der Waals surface area (Å²) in [6.45, 7) is 1.56. The van der Waals surface area contributed by atoms with Gasteiger partial charge in [-0.2, -0.15) is 0 Å². The summed E-state index contributed by atoms with van der Waals surface area (Å²) in [5.41, 5.74) is 5.92. The van der Waals surface area contributed by atoms with Gasteiger partial charge in [-0.25, -0.2) is 0 Å². The van der Waals surface area contributed by atoms with E-state index in [1.54, 1.807) is 22.7 Å². The van der Waals surface area contributed by atoms with Gasteiger partial charge in [0.15, 0.2) is 0 Å². The molecule has 98 valence electrons. The van der Waals surface area contributed by atoms with Crippen LogP contribution in [0.5, 0.6) is 0 Å². The fourth-order valence-corrected chi connectivity index (χ4v) is 4.93. The molecule has 0 aliphatic heterocycles. The zero-order valence-corrected chi connectivity index (χ0v) is 14.7. The predicted octanol–water partition coefficient (Wildman–Crippen LogP) is 4.47. The standard InChI is InChI=1S/C12H14Br2N2S2/c1-16(6-9-4-8(13)7-17-9)10(5-15)11-2-3-12(14)18-11/h2-4,7,10H,5-6,15H2,1H3. The molecule has 2 aromatic rings. The molecule has 0 saturated heterocycles. The maximum absolute atomic E-state index is 5.92. The molecule has 0 aromatic carbocycles. The van der Waals surface area contributed by atoms with Crippen LogP contribution in [0, 0.1) is 0 Å². The van der Waals surface area contributed by atoms with E-state index in [0.29, 0.717) is 6.54 Å². The van der Waals surface area contributed by atoms with Crippen molar-refractivity contribution >= 4 is 54.5 Å². The summed E-state index contributed by atoms with van der Waals surface area (Å²) in [5, 5.41) is 2.11. The third-order valence-electron chi connectivity index (χ3n) is 2.70. The Morgan fingerprint density at radius 2 is 2.17 bits per heavy atom. The molecular formula is C12H14Br2N2S2. The highest BCUT2D eigenvalue weighted by atomic mass is 79.9. The van der Waals surface area contributed by atoms with Crippen LogP contribution in [0.25, 0.3) is 0 Å². The van der Waals surface area contributed by atoms with Crippen LogP contribution in [0.15, 0.2) is 31.8 Å². The Hall–Kier alpha value is 0.280. The Morgan fingerprint density at radius 3 is 2.67 bits per heavy atom. The van der Waals surface area contributed by atoms with Gasteiger partial charge in [-0.3, -0.25) is 4.90 Å². The van der Waals surface area contributed by atoms with Crippen molar-refractivity contribution in [2.45, 2.75) is 12.6 Å². The highest BCUT2D eigenvalue weighted by molar-refractivity contribution is 9.11. The largest absolute Gasteiger partial charge is 0.329 e. The molecule has 6 heteroatoms. The van der Waals surface area contributed by atoms with E-state index in [-0.39, 0.29) is 6.04 Å². The van der Waals surface area contributed by atoms with E-state index in [1.807, 2.05) is 0 Å². The summed E-state index contributed by atoms with van der Waals surface area (Å²) in [6, 6.07) is 6.67. The minimum atomic E-state index is 0.280. The number of rotatable bonds is 5. The van der Waals surface area contributed by atoms with Crippen molar-refractivity contribution < 1.29 is 0 Å². The Balaban J connectivity index is 2.08. The van der Waals surface area contributed by atoms with Crippen LogP contribution in [0.4, 0.5) is 0 Å². The number of nitrogens with zero attached hydrogens (tertiary/aromatic N) is 1. The maximum atomic E-state index is 5.92. The van der Waals surface area contributed by atoms with Crippen molar-refractivity contribution in [1.29, 1.82) is 0 Å². The smallest absolute Gasteiger partial charge is 0.0702 e. The Morgan fingerprint density at radius 1 is 1.39 bits per heavy atom. The van der Waals surface area contributed by atoms with Crippen molar-refractivity contribution in [3.8, 4) is 0 Å². The van der Waals surface area contributed by atoms with E-state index in [2.05, 4.69) is 67.4 Å². The number of hydrogen-bond acceptors (Lipinski definition) is 4. The van der Waals surface area contributed by atoms with Gasteiger partial charge in [0, 0.05) is 32.7 Å². The SMILES string of the molecule is CN(Cc1cc(Br)cs1)C(CN)c1ccc(Br)s1. The quantitative estimate of drug-likeness (QED) is 0.789. The first-order chi connectivity index (χ1) is 8.60. The lowest BCUT2D eigenvalue weighted by Gasteiger charge is -2.25. The van der Waals surface area contributed by atoms with Gasteiger partial charge >= 0.3 is 0 Å². The van der Waals surface area contributed by atoms with E-state index < -0.39 is 0 Å². The molecule has 2 nitrogen and oxygen atoms in total. The van der Waals surface area contributed by atoms with Crippen LogP contribution < -0.4 is 5.73 Å². The minimum absolute atomic E-state index is 0.280. The molecule has 0 saturated carbocycles. The molecule has 2 aromatic heterocycles. The molecule has 0 aliphatic rings. The zero-order valence-electron chi connectivity index (χ0n) is 9.90. The molecule has 2 rings (SSSR count). The van der Waals surface area contributed by atoms with Gasteiger partial charge in [0.1, 0.15) is 0 Å². The fourth-order valence-electron chi connectivity index (χ4n) is 1.81. The molecule has 2 N–H and O–H groups in total. The van der Waals surface area contributed by atoms with E-state index in [9.17, 15) is 0 Å². The molecule has 0 radical (unpaired) electrons. The monoisotopic (exact) mass is 408 g/mol. The molecule has 1 atom stereocenters. The highest BCUT2D eigenvalue weighted by Gasteiger charge is 2.18. The van der Waals surface area contributed by atoms with Crippen molar-refractivity contribution in [1.82, 2.24) is 4.90 Å². The van der Waals surface area contributed by atoms with Gasteiger partial charge in [-0.15, -0.1) is 22.7 Å². The summed E-state index contributed by atoms with van der Waals surface area (Å²) < 4.78 is 2.31. The second-order valence-corrected chi connectivity index (χ2v) is 8.45. The van der Waals surface area contributed by atoms with Gasteiger partial charge in [-0.1, -0.05) is 0 Å². The highest BCUT2D eigenvalue weighted by Crippen LogP contribution is 2.31. The lowest BCUT2D eigenvalue weighted by molar-refractivity contribution is 0.247. The second kappa shape index (κ2) is 6.63. The summed E-state index contributed by atoms with van der Waals surface area (Å²) in [4.78, 5) is 4.96. The van der Waals surface area contributed by atoms with Crippen LogP contribution in [0.1, 0.15) is 15.8 Å². The van der Waals surface area contributed by atoms with E-state index in [0.717, 1.165) is 14.8 Å². The summed E-state index contributed by atoms with van der Waals surface area (Å²) in [5.74, 6) is 0. The Bertz CT molecular complexity index is 510. The first-order valence-electron chi connectivity index (χ1n) is 5.48. The molecule has 1 unspecified atom stereocenters. The van der Waals surface area contributed by atoms with Crippen LogP contribution >= 0.6 is 54.5 Å². The number of halogens is 2. The molecule has 0 fully saturated rings. The molecule has 2 heterocycles. The lowest BCUT2D eigenvalue weighted by atomic mass is 10.2. The average Bonchev–Trinajstić information content (AvgIpc) is 2.89. The topological polar surface area (TPSA) is 29.3 Å². The third-order valence-corrected chi connectivity index (χ3v) is 6.11. The molecular weight excluding hydrogens is 396 g/mol. The first-order valence-corrected chi connectivity index (χ1v) is 8.77. The van der Waals surface area contributed by atoms with Crippen molar-refractivity contribution in [2.75, 3.05) is 13.6 Å². The molecule has 0 amide bonds. The van der Waals surface area contributed by atoms with Gasteiger partial charge in [0.2, 0.25) is 0 Å².